The van der Waals surface area contributed by atoms with Crippen LogP contribution in [0.25, 0.3) is 10.9 Å². The maximum Gasteiger partial charge on any atom is 0.328 e. The van der Waals surface area contributed by atoms with Gasteiger partial charge in [-0.3, -0.25) is 19.1 Å². The molecule has 0 unspecified atom stereocenters. The summed E-state index contributed by atoms with van der Waals surface area (Å²) in [4.78, 5) is 39.8. The fourth-order valence-electron chi connectivity index (χ4n) is 2.51. The van der Waals surface area contributed by atoms with E-state index in [1.54, 1.807) is 36.2 Å². The molecule has 1 aromatic heterocycles. The molecular formula is C16H21N3O3. The lowest BCUT2D eigenvalue weighted by atomic mass is 10.2. The van der Waals surface area contributed by atoms with Crippen LogP contribution in [0.4, 0.5) is 0 Å². The number of benzene rings is 1. The van der Waals surface area contributed by atoms with Crippen LogP contribution in [0.15, 0.2) is 33.9 Å². The number of amides is 1. The van der Waals surface area contributed by atoms with Crippen LogP contribution >= 0.6 is 0 Å². The van der Waals surface area contributed by atoms with Crippen molar-refractivity contribution >= 4 is 16.8 Å². The van der Waals surface area contributed by atoms with Gasteiger partial charge in [0.2, 0.25) is 5.91 Å². The van der Waals surface area contributed by atoms with Gasteiger partial charge < -0.3 is 4.90 Å². The number of carbonyl (C=O) groups is 1. The molecule has 1 aromatic carbocycles. The molecule has 2 aromatic rings. The van der Waals surface area contributed by atoms with Crippen LogP contribution in [-0.4, -0.2) is 34.0 Å². The van der Waals surface area contributed by atoms with Crippen molar-refractivity contribution < 1.29 is 4.79 Å². The van der Waals surface area contributed by atoms with Gasteiger partial charge in [-0.15, -0.1) is 0 Å². The lowest BCUT2D eigenvalue weighted by Gasteiger charge is -2.19. The highest BCUT2D eigenvalue weighted by molar-refractivity contribution is 5.78. The fraction of sp³-hybridized carbons (Fsp3) is 0.438. The molecule has 1 amide bonds. The van der Waals surface area contributed by atoms with Crippen molar-refractivity contribution in [2.75, 3.05) is 13.6 Å². The maximum atomic E-state index is 12.1. The van der Waals surface area contributed by atoms with Gasteiger partial charge in [0.05, 0.1) is 10.9 Å². The zero-order chi connectivity index (χ0) is 16.3. The van der Waals surface area contributed by atoms with Crippen molar-refractivity contribution in [1.29, 1.82) is 0 Å². The summed E-state index contributed by atoms with van der Waals surface area (Å²) < 4.78 is 1.44. The standard InChI is InChI=1S/C16H21N3O3/c1-11(2)10-18(3)14(20)8-9-19-13-7-5-4-6-12(13)15(21)17-16(19)22/h4-7,11H,8-10H2,1-3H3,(H,17,21,22). The summed E-state index contributed by atoms with van der Waals surface area (Å²) in [6.45, 7) is 5.02. The van der Waals surface area contributed by atoms with Crippen molar-refractivity contribution in [3.63, 3.8) is 0 Å². The van der Waals surface area contributed by atoms with Crippen LogP contribution in [-0.2, 0) is 11.3 Å². The van der Waals surface area contributed by atoms with Gasteiger partial charge in [-0.2, -0.15) is 0 Å². The molecule has 0 spiro atoms. The SMILES string of the molecule is CC(C)CN(C)C(=O)CCn1c(=O)[nH]c(=O)c2ccccc21. The van der Waals surface area contributed by atoms with E-state index in [2.05, 4.69) is 4.98 Å². The van der Waals surface area contributed by atoms with Crippen molar-refractivity contribution in [1.82, 2.24) is 14.5 Å². The van der Waals surface area contributed by atoms with E-state index in [1.807, 2.05) is 13.8 Å². The summed E-state index contributed by atoms with van der Waals surface area (Å²) >= 11 is 0. The zero-order valence-corrected chi connectivity index (χ0v) is 13.1. The Balaban J connectivity index is 2.24. The minimum atomic E-state index is -0.483. The predicted octanol–water partition coefficient (Wildman–Crippen LogP) is 1.19. The van der Waals surface area contributed by atoms with Gasteiger partial charge in [0, 0.05) is 26.6 Å². The molecule has 0 fully saturated rings. The molecule has 0 saturated carbocycles. The van der Waals surface area contributed by atoms with Crippen LogP contribution in [0.3, 0.4) is 0 Å². The highest BCUT2D eigenvalue weighted by atomic mass is 16.2. The van der Waals surface area contributed by atoms with Crippen LogP contribution in [0, 0.1) is 5.92 Å². The third kappa shape index (κ3) is 3.44. The lowest BCUT2D eigenvalue weighted by Crippen LogP contribution is -2.34. The van der Waals surface area contributed by atoms with E-state index in [0.29, 0.717) is 23.4 Å². The number of para-hydroxylation sites is 1. The summed E-state index contributed by atoms with van der Waals surface area (Å²) in [6, 6.07) is 6.89. The maximum absolute atomic E-state index is 12.1. The summed E-state index contributed by atoms with van der Waals surface area (Å²) in [7, 11) is 1.76. The highest BCUT2D eigenvalue weighted by Gasteiger charge is 2.12. The minimum absolute atomic E-state index is 0.0177. The Morgan fingerprint density at radius 1 is 1.27 bits per heavy atom. The van der Waals surface area contributed by atoms with E-state index in [4.69, 9.17) is 0 Å². The van der Waals surface area contributed by atoms with Crippen LogP contribution in [0.1, 0.15) is 20.3 Å². The predicted molar refractivity (Wildman–Crippen MR) is 85.9 cm³/mol. The average molecular weight is 303 g/mol. The Hall–Kier alpha value is -2.37. The van der Waals surface area contributed by atoms with Crippen LogP contribution in [0.2, 0.25) is 0 Å². The normalized spacial score (nSPS) is 11.1. The first-order chi connectivity index (χ1) is 10.4. The first-order valence-electron chi connectivity index (χ1n) is 7.36. The van der Waals surface area contributed by atoms with Crippen LogP contribution in [0.5, 0.6) is 0 Å². The van der Waals surface area contributed by atoms with Crippen molar-refractivity contribution in [2.45, 2.75) is 26.8 Å². The lowest BCUT2D eigenvalue weighted by molar-refractivity contribution is -0.130. The molecule has 22 heavy (non-hydrogen) atoms. The monoisotopic (exact) mass is 303 g/mol. The minimum Gasteiger partial charge on any atom is -0.345 e. The van der Waals surface area contributed by atoms with E-state index < -0.39 is 11.2 Å². The second-order valence-electron chi connectivity index (χ2n) is 5.85. The van der Waals surface area contributed by atoms with Crippen LogP contribution < -0.4 is 11.2 Å². The number of hydrogen-bond donors (Lipinski definition) is 1. The number of aromatic nitrogens is 2. The van der Waals surface area contributed by atoms with Gasteiger partial charge in [0.25, 0.3) is 5.56 Å². The molecule has 1 N–H and O–H groups in total. The number of carbonyl (C=O) groups excluding carboxylic acids is 1. The van der Waals surface area contributed by atoms with Crippen molar-refractivity contribution in [3.8, 4) is 0 Å². The Bertz CT molecular complexity index is 789. The van der Waals surface area contributed by atoms with Gasteiger partial charge in [-0.05, 0) is 18.1 Å². The Morgan fingerprint density at radius 3 is 2.64 bits per heavy atom. The molecule has 0 aliphatic heterocycles. The van der Waals surface area contributed by atoms with Gasteiger partial charge in [0.1, 0.15) is 0 Å². The first-order valence-corrected chi connectivity index (χ1v) is 7.36. The first kappa shape index (κ1) is 16.0. The molecular weight excluding hydrogens is 282 g/mol. The second kappa shape index (κ2) is 6.60. The fourth-order valence-corrected chi connectivity index (χ4v) is 2.51. The van der Waals surface area contributed by atoms with Gasteiger partial charge in [0.15, 0.2) is 0 Å². The molecule has 118 valence electrons. The quantitative estimate of drug-likeness (QED) is 0.901. The topological polar surface area (TPSA) is 75.2 Å². The van der Waals surface area contributed by atoms with E-state index in [1.165, 1.54) is 4.57 Å². The van der Waals surface area contributed by atoms with Crippen molar-refractivity contribution in [3.05, 3.63) is 45.1 Å². The molecule has 6 nitrogen and oxygen atoms in total. The number of H-pyrrole nitrogens is 1. The summed E-state index contributed by atoms with van der Waals surface area (Å²) in [5, 5.41) is 0.449. The second-order valence-corrected chi connectivity index (χ2v) is 5.85. The van der Waals surface area contributed by atoms with Gasteiger partial charge >= 0.3 is 5.69 Å². The molecule has 0 atom stereocenters. The number of aryl methyl sites for hydroxylation is 1. The average Bonchev–Trinajstić information content (AvgIpc) is 2.46. The number of nitrogens with one attached hydrogen (secondary N) is 1. The molecule has 0 radical (unpaired) electrons. The third-order valence-electron chi connectivity index (χ3n) is 3.52. The number of rotatable bonds is 5. The van der Waals surface area contributed by atoms with Gasteiger partial charge in [-0.1, -0.05) is 26.0 Å². The van der Waals surface area contributed by atoms with E-state index in [9.17, 15) is 14.4 Å². The van der Waals surface area contributed by atoms with E-state index in [0.717, 1.165) is 0 Å². The zero-order valence-electron chi connectivity index (χ0n) is 13.1. The molecule has 0 aliphatic carbocycles. The summed E-state index contributed by atoms with van der Waals surface area (Å²) in [6.07, 6.45) is 0.221. The Labute approximate surface area is 128 Å². The third-order valence-corrected chi connectivity index (χ3v) is 3.52. The molecule has 0 bridgehead atoms. The molecule has 6 heteroatoms. The highest BCUT2D eigenvalue weighted by Crippen LogP contribution is 2.08. The Morgan fingerprint density at radius 2 is 1.95 bits per heavy atom. The molecule has 0 aliphatic rings. The molecule has 2 rings (SSSR count). The number of hydrogen-bond acceptors (Lipinski definition) is 3. The number of aromatic amines is 1. The number of fused-ring (bicyclic) bond motifs is 1. The molecule has 0 saturated heterocycles. The van der Waals surface area contributed by atoms with Gasteiger partial charge in [-0.25, -0.2) is 4.79 Å². The Kier molecular flexibility index (Phi) is 4.80. The molecule has 1 heterocycles. The summed E-state index contributed by atoms with van der Waals surface area (Å²) in [5.74, 6) is 0.376. The van der Waals surface area contributed by atoms with Crippen molar-refractivity contribution in [2.24, 2.45) is 5.92 Å². The van der Waals surface area contributed by atoms with E-state index >= 15 is 0 Å². The number of nitrogens with zero attached hydrogens (tertiary/aromatic N) is 2. The smallest absolute Gasteiger partial charge is 0.328 e. The van der Waals surface area contributed by atoms with E-state index in [-0.39, 0.29) is 18.9 Å². The summed E-state index contributed by atoms with van der Waals surface area (Å²) in [5.41, 5.74) is -0.335. The largest absolute Gasteiger partial charge is 0.345 e.